The average Bonchev–Trinajstić information content (AvgIpc) is 0.800. The topological polar surface area (TPSA) is 161 Å². The maximum atomic E-state index is 12.9. The number of anilines is 3. The van der Waals surface area contributed by atoms with E-state index in [2.05, 4.69) is 62.1 Å². The number of ketones is 1. The van der Waals surface area contributed by atoms with Crippen LogP contribution in [-0.4, -0.2) is 118 Å². The van der Waals surface area contributed by atoms with Crippen LogP contribution in [0.1, 0.15) is 86.6 Å². The number of aliphatic hydroxyl groups is 2. The maximum Gasteiger partial charge on any atom is 1.00 e. The average molecular weight is 1460 g/mol. The van der Waals surface area contributed by atoms with E-state index in [1.54, 1.807) is 84.9 Å². The second-order valence-corrected chi connectivity index (χ2v) is 26.4. The van der Waals surface area contributed by atoms with Crippen LogP contribution in [0.4, 0.5) is 34.1 Å². The van der Waals surface area contributed by atoms with Gasteiger partial charge in [0.2, 0.25) is 0 Å². The number of Topliss-reactive ketones (excluding diaryl/α,β-unsaturated/α-hetero) is 1. The Kier molecular flexibility index (Phi) is 29.1. The molecule has 3 aliphatic heterocycles. The van der Waals surface area contributed by atoms with Crippen molar-refractivity contribution in [2.45, 2.75) is 30.3 Å². The smallest absolute Gasteiger partial charge is 1.00 e. The van der Waals surface area contributed by atoms with Gasteiger partial charge < -0.3 is 26.3 Å². The van der Waals surface area contributed by atoms with Crippen LogP contribution in [0.3, 0.4) is 0 Å². The quantitative estimate of drug-likeness (QED) is 0.0569. The Morgan fingerprint density at radius 2 is 0.723 bits per heavy atom. The molecule has 15 nitrogen and oxygen atoms in total. The summed E-state index contributed by atoms with van der Waals surface area (Å²) in [5.41, 5.74) is 11.3. The minimum atomic E-state index is -0.652. The van der Waals surface area contributed by atoms with Crippen LogP contribution in [0.5, 0.6) is 0 Å². The molecule has 0 aliphatic carbocycles. The molecule has 0 aromatic heterocycles. The van der Waals surface area contributed by atoms with Gasteiger partial charge in [0.1, 0.15) is 0 Å². The summed E-state index contributed by atoms with van der Waals surface area (Å²) >= 11 is 38.0. The minimum Gasteiger partial charge on any atom is -1.00 e. The predicted octanol–water partition coefficient (Wildman–Crippen LogP) is 14.9. The van der Waals surface area contributed by atoms with Gasteiger partial charge in [0.15, 0.2) is 22.8 Å². The fourth-order valence-electron chi connectivity index (χ4n) is 12.5. The van der Waals surface area contributed by atoms with Gasteiger partial charge in [0.05, 0.1) is 124 Å². The molecule has 0 amide bonds. The molecule has 3 aliphatic rings. The number of hydrogen-bond acceptors (Lipinski definition) is 12. The monoisotopic (exact) mass is 1460 g/mol. The first-order valence-electron chi connectivity index (χ1n) is 31.6. The third-order valence-electron chi connectivity index (χ3n) is 17.7. The molecule has 0 bridgehead atoms. The van der Waals surface area contributed by atoms with Crippen molar-refractivity contribution in [1.82, 2.24) is 14.7 Å². The summed E-state index contributed by atoms with van der Waals surface area (Å²) in [6.45, 7) is 28.8. The Bertz CT molecular complexity index is 4400. The van der Waals surface area contributed by atoms with Gasteiger partial charge in [-0.3, -0.25) is 19.5 Å². The molecule has 12 rings (SSSR count). The molecule has 0 spiro atoms. The van der Waals surface area contributed by atoms with Crippen LogP contribution in [0.2, 0.25) is 30.1 Å². The Balaban J connectivity index is 0.000000211. The molecule has 0 saturated carbocycles. The Labute approximate surface area is 645 Å². The van der Waals surface area contributed by atoms with Gasteiger partial charge >= 0.3 is 29.6 Å². The maximum absolute atomic E-state index is 12.9. The van der Waals surface area contributed by atoms with Crippen LogP contribution in [0, 0.1) is 53.7 Å². The fraction of sp³-hybridized carbons (Fsp3) is 0.218. The van der Waals surface area contributed by atoms with Gasteiger partial charge in [-0.2, -0.15) is 15.8 Å². The van der Waals surface area contributed by atoms with E-state index in [0.29, 0.717) is 128 Å². The molecule has 3 saturated heterocycles. The van der Waals surface area contributed by atoms with E-state index in [1.165, 1.54) is 0 Å². The summed E-state index contributed by atoms with van der Waals surface area (Å²) in [6, 6.07) is 66.6. The van der Waals surface area contributed by atoms with E-state index in [1.807, 2.05) is 115 Å². The Hall–Kier alpha value is -8.41. The molecule has 101 heavy (non-hydrogen) atoms. The van der Waals surface area contributed by atoms with Crippen molar-refractivity contribution in [3.63, 3.8) is 0 Å². The first-order valence-corrected chi connectivity index (χ1v) is 33.9. The zero-order valence-electron chi connectivity index (χ0n) is 55.9. The van der Waals surface area contributed by atoms with Crippen molar-refractivity contribution in [3.8, 4) is 18.2 Å². The van der Waals surface area contributed by atoms with Crippen molar-refractivity contribution in [3.05, 3.63) is 315 Å². The number of carbonyl (C=O) groups is 1. The molecule has 23 heteroatoms. The summed E-state index contributed by atoms with van der Waals surface area (Å²) in [4.78, 5) is 36.4. The molecule has 3 heterocycles. The fourth-order valence-corrected chi connectivity index (χ4v) is 13.7. The van der Waals surface area contributed by atoms with Crippen molar-refractivity contribution in [1.29, 1.82) is 15.8 Å². The number of halogens is 6. The van der Waals surface area contributed by atoms with E-state index in [-0.39, 0.29) is 69.9 Å². The van der Waals surface area contributed by atoms with E-state index < -0.39 is 12.2 Å². The number of rotatable bonds is 15. The van der Waals surface area contributed by atoms with E-state index in [9.17, 15) is 30.8 Å². The Morgan fingerprint density at radius 1 is 0.436 bits per heavy atom. The second-order valence-electron chi connectivity index (χ2n) is 23.9. The van der Waals surface area contributed by atoms with Crippen molar-refractivity contribution >= 4 is 118 Å². The molecule has 9 aromatic rings. The largest absolute Gasteiger partial charge is 1.00 e. The third-order valence-corrected chi connectivity index (χ3v) is 19.3. The summed E-state index contributed by atoms with van der Waals surface area (Å²) in [5.74, 6) is 0.0197. The zero-order chi connectivity index (χ0) is 70.1. The van der Waals surface area contributed by atoms with Gasteiger partial charge in [-0.15, -0.1) is 0 Å². The normalized spacial score (nSPS) is 16.5. The number of carbonyl (C=O) groups excluding carboxylic acids is 1. The van der Waals surface area contributed by atoms with Crippen LogP contribution in [0.25, 0.3) is 14.5 Å². The first kappa shape index (κ1) is 78.3. The molecule has 5 atom stereocenters. The summed E-state index contributed by atoms with van der Waals surface area (Å²) < 4.78 is 0. The predicted molar refractivity (Wildman–Crippen MR) is 402 cm³/mol. The number of hydrogen-bond donors (Lipinski definition) is 2. The number of benzene rings is 9. The van der Waals surface area contributed by atoms with E-state index in [4.69, 9.17) is 89.3 Å². The molecular formula is C78H65BCl6N12NaO3. The molecule has 3 radical (unpaired) electrons. The summed E-state index contributed by atoms with van der Waals surface area (Å²) in [7, 11) is 0. The van der Waals surface area contributed by atoms with E-state index >= 15 is 0 Å². The molecular weight excluding hydrogens is 1400 g/mol. The number of β-amino-alcohol motifs (C(OH)–C–C–N with tert-alkyl or cyclic N) is 2. The van der Waals surface area contributed by atoms with Gasteiger partial charge in [-0.25, -0.2) is 14.5 Å². The first-order chi connectivity index (χ1) is 47.9. The molecule has 501 valence electrons. The summed E-state index contributed by atoms with van der Waals surface area (Å²) in [5, 5.41) is 52.8. The molecule has 3 fully saturated rings. The SMILES string of the molecule is [B].[C-]#[N+]c1ccc(C(=O)CN2CCN(c3ccc(C#N)cc3Cl)[C@H](c3ccc(Cl)cc3)C2)cc1.[C-]#[N+]c1ccc([C@@H](O)CN2CCN(c3ccc(C#N)cc3Cl)[C@H](c3ccc(Cl)cc3)C2)cc1.[C-]#[N+]c1ccc([C@H](O)CN2CCN(c3ccc(C#N)cc3Cl)[C@H](c3ccc(Cl)cc3)C2)cc1.[H-].[Na+]. The standard InChI is InChI=1S/2C26H22Cl2N4O.C26H20Cl2N4O.B.Na.H/c3*1-30-22-9-5-20(6-10-22)26(33)17-31-12-13-32(24-11-2-18(15-29)14-23(24)28)25(16-31)19-3-7-21(27)8-4-19;;;/h2*2-11,14,25-26,33H,12-13,16-17H2;2-11,14,25H,12-13,16-17H2;;;/q;;;;+1;-1/t25-,26+;25-,26-;25-;;;/m000.../s1. The van der Waals surface area contributed by atoms with Gasteiger partial charge in [-0.05, 0) is 119 Å². The minimum absolute atomic E-state index is 0. The van der Waals surface area contributed by atoms with Gasteiger partial charge in [0, 0.05) is 101 Å². The zero-order valence-corrected chi connectivity index (χ0v) is 61.5. The van der Waals surface area contributed by atoms with E-state index in [0.717, 1.165) is 58.0 Å². The van der Waals surface area contributed by atoms with Gasteiger partial charge in [0.25, 0.3) is 0 Å². The molecule has 0 unspecified atom stereocenters. The number of nitriles is 3. The molecule has 2 N–H and O–H groups in total. The van der Waals surface area contributed by atoms with Crippen LogP contribution < -0.4 is 44.3 Å². The number of aliphatic hydroxyl groups excluding tert-OH is 2. The second kappa shape index (κ2) is 37.5. The van der Waals surface area contributed by atoms with Crippen molar-refractivity contribution in [2.75, 3.05) is 93.2 Å². The number of nitrogens with zero attached hydrogens (tertiary/aromatic N) is 12. The molecule has 9 aromatic carbocycles. The number of piperazine rings is 3. The van der Waals surface area contributed by atoms with Crippen molar-refractivity contribution < 1.29 is 46.0 Å². The van der Waals surface area contributed by atoms with Crippen molar-refractivity contribution in [2.24, 2.45) is 0 Å². The van der Waals surface area contributed by atoms with Crippen LogP contribution >= 0.6 is 69.6 Å². The van der Waals surface area contributed by atoms with Gasteiger partial charge in [-0.1, -0.05) is 179 Å². The summed E-state index contributed by atoms with van der Waals surface area (Å²) in [6.07, 6.45) is -1.30. The Morgan fingerprint density at radius 3 is 1.01 bits per heavy atom. The third kappa shape index (κ3) is 20.5. The van der Waals surface area contributed by atoms with Crippen LogP contribution in [-0.2, 0) is 0 Å². The van der Waals surface area contributed by atoms with Crippen LogP contribution in [0.15, 0.2) is 200 Å².